The summed E-state index contributed by atoms with van der Waals surface area (Å²) in [5, 5.41) is 7.89. The summed E-state index contributed by atoms with van der Waals surface area (Å²) in [5.74, 6) is -0.966. The highest BCUT2D eigenvalue weighted by atomic mass is 16.5. The molecule has 0 saturated carbocycles. The molecular formula is C10H16O4. The van der Waals surface area contributed by atoms with Crippen molar-refractivity contribution < 1.29 is 19.4 Å². The van der Waals surface area contributed by atoms with Crippen molar-refractivity contribution in [2.45, 2.75) is 39.2 Å². The minimum absolute atomic E-state index is 0.0307. The molecule has 0 bridgehead atoms. The highest BCUT2D eigenvalue weighted by molar-refractivity contribution is 5.84. The van der Waals surface area contributed by atoms with E-state index < -0.39 is 5.97 Å². The quantitative estimate of drug-likeness (QED) is 0.544. The van der Waals surface area contributed by atoms with Gasteiger partial charge in [-0.2, -0.15) is 0 Å². The molecule has 4 heteroatoms. The Morgan fingerprint density at radius 1 is 1.71 bits per heavy atom. The van der Waals surface area contributed by atoms with Gasteiger partial charge in [0.15, 0.2) is 0 Å². The minimum Gasteiger partial charge on any atom is -0.478 e. The topological polar surface area (TPSA) is 63.6 Å². The van der Waals surface area contributed by atoms with Crippen LogP contribution in [0, 0.1) is 0 Å². The molecule has 1 unspecified atom stereocenters. The summed E-state index contributed by atoms with van der Waals surface area (Å²) in [5.41, 5.74) is 0.176. The Morgan fingerprint density at radius 3 is 2.36 bits per heavy atom. The summed E-state index contributed by atoms with van der Waals surface area (Å²) < 4.78 is 4.87. The molecule has 1 aliphatic rings. The van der Waals surface area contributed by atoms with E-state index in [4.69, 9.17) is 9.84 Å². The Balaban J connectivity index is 0.000000255. The first-order valence-corrected chi connectivity index (χ1v) is 4.55. The van der Waals surface area contributed by atoms with Crippen LogP contribution in [0.1, 0.15) is 33.1 Å². The maximum absolute atomic E-state index is 10.4. The van der Waals surface area contributed by atoms with E-state index in [9.17, 15) is 9.59 Å². The Bertz CT molecular complexity index is 220. The number of aliphatic carboxylic acids is 1. The van der Waals surface area contributed by atoms with Crippen LogP contribution in [0.15, 0.2) is 12.2 Å². The van der Waals surface area contributed by atoms with Gasteiger partial charge >= 0.3 is 11.9 Å². The lowest BCUT2D eigenvalue weighted by Gasteiger charge is -2.01. The highest BCUT2D eigenvalue weighted by Gasteiger charge is 2.20. The third kappa shape index (κ3) is 5.35. The predicted molar refractivity (Wildman–Crippen MR) is 51.9 cm³/mol. The zero-order chi connectivity index (χ0) is 11.1. The fourth-order valence-electron chi connectivity index (χ4n) is 0.870. The average molecular weight is 200 g/mol. The van der Waals surface area contributed by atoms with E-state index in [2.05, 4.69) is 6.58 Å². The fourth-order valence-corrected chi connectivity index (χ4v) is 0.870. The van der Waals surface area contributed by atoms with E-state index >= 15 is 0 Å². The van der Waals surface area contributed by atoms with Gasteiger partial charge in [0, 0.05) is 12.0 Å². The number of esters is 1. The molecule has 0 aromatic heterocycles. The van der Waals surface area contributed by atoms with Crippen LogP contribution < -0.4 is 0 Å². The van der Waals surface area contributed by atoms with Crippen molar-refractivity contribution in [2.24, 2.45) is 0 Å². The van der Waals surface area contributed by atoms with Crippen LogP contribution in [0.25, 0.3) is 0 Å². The summed E-state index contributed by atoms with van der Waals surface area (Å²) >= 11 is 0. The van der Waals surface area contributed by atoms with Gasteiger partial charge in [-0.15, -0.1) is 0 Å². The lowest BCUT2D eigenvalue weighted by Crippen LogP contribution is -2.03. The maximum Gasteiger partial charge on any atom is 0.330 e. The van der Waals surface area contributed by atoms with E-state index in [0.29, 0.717) is 6.42 Å². The molecule has 1 atom stereocenters. The molecule has 0 amide bonds. The van der Waals surface area contributed by atoms with Gasteiger partial charge in [-0.05, 0) is 19.8 Å². The number of hydrogen-bond donors (Lipinski definition) is 1. The molecule has 80 valence electrons. The third-order valence-corrected chi connectivity index (χ3v) is 1.79. The second-order valence-electron chi connectivity index (χ2n) is 3.14. The molecule has 0 aliphatic carbocycles. The standard InChI is InChI=1S/C6H10O2.C4H6O2/c1-2-5-3-4-6(7)8-5;1-3(2)4(5)6/h5H,2-4H2,1H3;1H2,2H3,(H,5,6). The lowest BCUT2D eigenvalue weighted by molar-refractivity contribution is -0.141. The van der Waals surface area contributed by atoms with Crippen molar-refractivity contribution >= 4 is 11.9 Å². The molecule has 0 aromatic rings. The average Bonchev–Trinajstić information content (AvgIpc) is 2.52. The van der Waals surface area contributed by atoms with Crippen molar-refractivity contribution in [1.29, 1.82) is 0 Å². The Morgan fingerprint density at radius 2 is 2.21 bits per heavy atom. The summed E-state index contributed by atoms with van der Waals surface area (Å²) in [4.78, 5) is 20.0. The van der Waals surface area contributed by atoms with Crippen molar-refractivity contribution in [1.82, 2.24) is 0 Å². The van der Waals surface area contributed by atoms with Gasteiger partial charge in [-0.1, -0.05) is 13.5 Å². The van der Waals surface area contributed by atoms with Crippen molar-refractivity contribution in [3.63, 3.8) is 0 Å². The Labute approximate surface area is 83.6 Å². The molecule has 1 heterocycles. The van der Waals surface area contributed by atoms with E-state index in [1.54, 1.807) is 0 Å². The molecule has 0 spiro atoms. The number of hydrogen-bond acceptors (Lipinski definition) is 3. The molecule has 1 rings (SSSR count). The van der Waals surface area contributed by atoms with Gasteiger partial charge in [-0.25, -0.2) is 4.79 Å². The summed E-state index contributed by atoms with van der Waals surface area (Å²) in [6, 6.07) is 0. The van der Waals surface area contributed by atoms with Crippen molar-refractivity contribution in [3.8, 4) is 0 Å². The summed E-state index contributed by atoms with van der Waals surface area (Å²) in [7, 11) is 0. The molecule has 0 aromatic carbocycles. The third-order valence-electron chi connectivity index (χ3n) is 1.79. The molecular weight excluding hydrogens is 184 g/mol. The van der Waals surface area contributed by atoms with Gasteiger partial charge in [0.2, 0.25) is 0 Å². The van der Waals surface area contributed by atoms with Crippen molar-refractivity contribution in [2.75, 3.05) is 0 Å². The van der Waals surface area contributed by atoms with Gasteiger partial charge in [0.05, 0.1) is 0 Å². The number of carbonyl (C=O) groups is 2. The zero-order valence-electron chi connectivity index (χ0n) is 8.58. The smallest absolute Gasteiger partial charge is 0.330 e. The van der Waals surface area contributed by atoms with E-state index in [0.717, 1.165) is 12.8 Å². The van der Waals surface area contributed by atoms with Crippen molar-refractivity contribution in [3.05, 3.63) is 12.2 Å². The molecule has 1 N–H and O–H groups in total. The van der Waals surface area contributed by atoms with Gasteiger partial charge < -0.3 is 9.84 Å². The fraction of sp³-hybridized carbons (Fsp3) is 0.600. The zero-order valence-corrected chi connectivity index (χ0v) is 8.58. The van der Waals surface area contributed by atoms with Crippen LogP contribution in [0.4, 0.5) is 0 Å². The maximum atomic E-state index is 10.4. The van der Waals surface area contributed by atoms with E-state index in [1.807, 2.05) is 6.92 Å². The van der Waals surface area contributed by atoms with Crippen LogP contribution in [0.2, 0.25) is 0 Å². The second-order valence-corrected chi connectivity index (χ2v) is 3.14. The summed E-state index contributed by atoms with van der Waals surface area (Å²) in [6.07, 6.45) is 2.74. The molecule has 4 nitrogen and oxygen atoms in total. The monoisotopic (exact) mass is 200 g/mol. The first-order valence-electron chi connectivity index (χ1n) is 4.55. The number of carbonyl (C=O) groups excluding carboxylic acids is 1. The van der Waals surface area contributed by atoms with Crippen LogP contribution in [-0.4, -0.2) is 23.1 Å². The van der Waals surface area contributed by atoms with E-state index in [-0.39, 0.29) is 17.6 Å². The molecule has 14 heavy (non-hydrogen) atoms. The number of carboxylic acid groups (broad SMARTS) is 1. The number of ether oxygens (including phenoxy) is 1. The second kappa shape index (κ2) is 6.18. The normalized spacial score (nSPS) is 19.3. The first kappa shape index (κ1) is 12.7. The molecule has 1 fully saturated rings. The highest BCUT2D eigenvalue weighted by Crippen LogP contribution is 2.15. The number of cyclic esters (lactones) is 1. The Kier molecular flexibility index (Phi) is 5.60. The minimum atomic E-state index is -0.935. The molecule has 0 radical (unpaired) electrons. The van der Waals surface area contributed by atoms with Crippen LogP contribution in [-0.2, 0) is 14.3 Å². The van der Waals surface area contributed by atoms with Gasteiger partial charge in [0.25, 0.3) is 0 Å². The van der Waals surface area contributed by atoms with Crippen LogP contribution in [0.5, 0.6) is 0 Å². The lowest BCUT2D eigenvalue weighted by atomic mass is 10.2. The van der Waals surface area contributed by atoms with Crippen LogP contribution in [0.3, 0.4) is 0 Å². The van der Waals surface area contributed by atoms with Gasteiger partial charge in [0.1, 0.15) is 6.10 Å². The molecule has 1 saturated heterocycles. The van der Waals surface area contributed by atoms with Gasteiger partial charge in [-0.3, -0.25) is 4.79 Å². The largest absolute Gasteiger partial charge is 0.478 e. The molecule has 1 aliphatic heterocycles. The summed E-state index contributed by atoms with van der Waals surface area (Å²) in [6.45, 7) is 6.63. The Hall–Kier alpha value is -1.32. The SMILES string of the molecule is C=C(C)C(=O)O.CCC1CCC(=O)O1. The number of carboxylic acids is 1. The first-order chi connectivity index (χ1) is 6.47. The number of rotatable bonds is 2. The van der Waals surface area contributed by atoms with E-state index in [1.165, 1.54) is 6.92 Å². The predicted octanol–water partition coefficient (Wildman–Crippen LogP) is 1.75. The van der Waals surface area contributed by atoms with Crippen LogP contribution >= 0.6 is 0 Å².